The highest BCUT2D eigenvalue weighted by molar-refractivity contribution is 7.33. The van der Waals surface area contributed by atoms with E-state index in [4.69, 9.17) is 16.9 Å². The van der Waals surface area contributed by atoms with Gasteiger partial charge in [-0.3, -0.25) is 0 Å². The topological polar surface area (TPSA) is 36.9 Å². The maximum atomic E-state index is 4.96. The van der Waals surface area contributed by atoms with Gasteiger partial charge in [0.25, 0.3) is 0 Å². The third-order valence-corrected chi connectivity index (χ3v) is 4.24. The van der Waals surface area contributed by atoms with E-state index in [-0.39, 0.29) is 18.1 Å². The van der Waals surface area contributed by atoms with Crippen molar-refractivity contribution in [2.75, 3.05) is 0 Å². The monoisotopic (exact) mass is 188 g/mol. The van der Waals surface area contributed by atoms with Gasteiger partial charge < -0.3 is 16.9 Å². The SMILES string of the molecule is O1[SiH2]OPO[SiH2]OP1. The Balaban J connectivity index is 2.00. The van der Waals surface area contributed by atoms with E-state index in [9.17, 15) is 0 Å². The van der Waals surface area contributed by atoms with Crippen molar-refractivity contribution in [2.45, 2.75) is 0 Å². The number of hydrogen-bond donors (Lipinski definition) is 0. The van der Waals surface area contributed by atoms with Crippen molar-refractivity contribution in [3.63, 3.8) is 0 Å². The molecule has 0 radical (unpaired) electrons. The predicted molar refractivity (Wildman–Crippen MR) is 38.1 cm³/mol. The molecule has 1 heterocycles. The predicted octanol–water partition coefficient (Wildman–Crippen LogP) is -0.919. The van der Waals surface area contributed by atoms with Gasteiger partial charge in [-0.2, -0.15) is 0 Å². The molecule has 1 aliphatic rings. The second-order valence-corrected chi connectivity index (χ2v) is 6.40. The smallest absolute Gasteiger partial charge is 0.315 e. The molecule has 0 N–H and O–H groups in total. The fourth-order valence-electron chi connectivity index (χ4n) is 0.238. The Morgan fingerprint density at radius 2 is 1.12 bits per heavy atom. The summed E-state index contributed by atoms with van der Waals surface area (Å²) in [5, 5.41) is 0. The summed E-state index contributed by atoms with van der Waals surface area (Å²) in [6.45, 7) is 0. The van der Waals surface area contributed by atoms with Crippen LogP contribution in [-0.2, 0) is 16.9 Å². The zero-order valence-electron chi connectivity index (χ0n) is 4.05. The first-order chi connectivity index (χ1) is 4.00. The van der Waals surface area contributed by atoms with Crippen LogP contribution in [0.4, 0.5) is 0 Å². The lowest BCUT2D eigenvalue weighted by molar-refractivity contribution is 0.406. The highest BCUT2D eigenvalue weighted by atomic mass is 31.1. The Morgan fingerprint density at radius 1 is 0.750 bits per heavy atom. The molecule has 1 fully saturated rings. The number of hydrogen-bond acceptors (Lipinski definition) is 4. The zero-order chi connectivity index (χ0) is 5.66. The molecule has 0 unspecified atom stereocenters. The van der Waals surface area contributed by atoms with Crippen molar-refractivity contribution in [1.29, 1.82) is 0 Å². The summed E-state index contributed by atoms with van der Waals surface area (Å²) in [5.74, 6) is 0. The van der Waals surface area contributed by atoms with E-state index >= 15 is 0 Å². The molecule has 4 nitrogen and oxygen atoms in total. The van der Waals surface area contributed by atoms with E-state index in [1.165, 1.54) is 0 Å². The van der Waals surface area contributed by atoms with E-state index < -0.39 is 20.0 Å². The molecule has 1 saturated heterocycles. The molecular weight excluding hydrogens is 182 g/mol. The highest BCUT2D eigenvalue weighted by Crippen LogP contribution is 2.20. The summed E-state index contributed by atoms with van der Waals surface area (Å²) in [6, 6.07) is 0. The van der Waals surface area contributed by atoms with Crippen LogP contribution in [0.5, 0.6) is 0 Å². The highest BCUT2D eigenvalue weighted by Gasteiger charge is 1.96. The van der Waals surface area contributed by atoms with Crippen LogP contribution in [-0.4, -0.2) is 20.0 Å². The largest absolute Gasteiger partial charge is 0.357 e. The zero-order valence-corrected chi connectivity index (χ0v) is 8.88. The Kier molecular flexibility index (Phi) is 4.49. The second-order valence-electron chi connectivity index (χ2n) is 0.980. The van der Waals surface area contributed by atoms with E-state index in [1.54, 1.807) is 0 Å². The average Bonchev–Trinajstić information content (AvgIpc) is 1.62. The van der Waals surface area contributed by atoms with Crippen molar-refractivity contribution in [3.05, 3.63) is 0 Å². The molecule has 0 aliphatic carbocycles. The molecule has 0 amide bonds. The van der Waals surface area contributed by atoms with Crippen molar-refractivity contribution < 1.29 is 16.9 Å². The molecule has 0 aromatic heterocycles. The standard InChI is InChI=1S/H6O4P2Si2/c1-5-2-8-4-6-3-7-1/h5-6H,7-8H2. The van der Waals surface area contributed by atoms with E-state index in [1.807, 2.05) is 0 Å². The third-order valence-electron chi connectivity index (χ3n) is 0.471. The average molecular weight is 188 g/mol. The molecule has 0 bridgehead atoms. The summed E-state index contributed by atoms with van der Waals surface area (Å²) in [4.78, 5) is 0. The van der Waals surface area contributed by atoms with E-state index in [0.29, 0.717) is 0 Å². The molecule has 0 saturated carbocycles. The van der Waals surface area contributed by atoms with Gasteiger partial charge in [-0.1, -0.05) is 0 Å². The minimum absolute atomic E-state index is 0.168. The van der Waals surface area contributed by atoms with Crippen LogP contribution in [0.3, 0.4) is 0 Å². The van der Waals surface area contributed by atoms with Gasteiger partial charge in [-0.15, -0.1) is 0 Å². The summed E-state index contributed by atoms with van der Waals surface area (Å²) in [6.07, 6.45) is 0. The maximum Gasteiger partial charge on any atom is 0.315 e. The Hall–Kier alpha value is 1.13. The van der Waals surface area contributed by atoms with Crippen LogP contribution >= 0.6 is 18.1 Å². The Labute approximate surface area is 55.6 Å². The molecule has 1 aliphatic heterocycles. The van der Waals surface area contributed by atoms with Crippen LogP contribution in [0.1, 0.15) is 0 Å². The molecule has 1 rings (SSSR count). The lowest BCUT2D eigenvalue weighted by atomic mass is 15.7. The molecule has 0 aromatic carbocycles. The lowest BCUT2D eigenvalue weighted by Crippen LogP contribution is -2.00. The van der Waals surface area contributed by atoms with Crippen molar-refractivity contribution in [3.8, 4) is 0 Å². The van der Waals surface area contributed by atoms with Gasteiger partial charge in [0.15, 0.2) is 0 Å². The minimum Gasteiger partial charge on any atom is -0.357 e. The van der Waals surface area contributed by atoms with Gasteiger partial charge in [-0.25, -0.2) is 0 Å². The van der Waals surface area contributed by atoms with Gasteiger partial charge in [-0.05, 0) is 0 Å². The van der Waals surface area contributed by atoms with Crippen LogP contribution in [0, 0.1) is 0 Å². The van der Waals surface area contributed by atoms with Crippen molar-refractivity contribution in [1.82, 2.24) is 0 Å². The molecule has 8 heavy (non-hydrogen) atoms. The minimum atomic E-state index is -0.752. The quantitative estimate of drug-likeness (QED) is 0.364. The van der Waals surface area contributed by atoms with Crippen LogP contribution < -0.4 is 0 Å². The maximum absolute atomic E-state index is 4.96. The molecule has 0 atom stereocenters. The van der Waals surface area contributed by atoms with E-state index in [0.717, 1.165) is 0 Å². The van der Waals surface area contributed by atoms with Crippen molar-refractivity contribution in [2.24, 2.45) is 0 Å². The fraction of sp³-hybridized carbons (Fsp3) is 0. The van der Waals surface area contributed by atoms with Crippen molar-refractivity contribution >= 4 is 38.1 Å². The van der Waals surface area contributed by atoms with Crippen LogP contribution in [0.25, 0.3) is 0 Å². The fourth-order valence-corrected chi connectivity index (χ4v) is 4.71. The molecule has 48 valence electrons. The number of rotatable bonds is 0. The Bertz CT molecular complexity index is 36.0. The van der Waals surface area contributed by atoms with Gasteiger partial charge in [0.1, 0.15) is 18.1 Å². The molecular formula is H6O4P2Si2. The molecule has 0 aromatic rings. The van der Waals surface area contributed by atoms with Gasteiger partial charge >= 0.3 is 20.0 Å². The summed E-state index contributed by atoms with van der Waals surface area (Å²) >= 11 is 0. The van der Waals surface area contributed by atoms with Gasteiger partial charge in [0.2, 0.25) is 0 Å². The summed E-state index contributed by atoms with van der Waals surface area (Å²) in [7, 11) is -1.17. The molecule has 0 spiro atoms. The summed E-state index contributed by atoms with van der Waals surface area (Å²) < 4.78 is 19.8. The first kappa shape index (κ1) is 7.24. The Morgan fingerprint density at radius 3 is 1.50 bits per heavy atom. The van der Waals surface area contributed by atoms with Gasteiger partial charge in [0, 0.05) is 0 Å². The van der Waals surface area contributed by atoms with Gasteiger partial charge in [0.05, 0.1) is 0 Å². The normalized spacial score (nSPS) is 36.0. The summed E-state index contributed by atoms with van der Waals surface area (Å²) in [5.41, 5.74) is 0. The first-order valence-corrected chi connectivity index (χ1v) is 5.91. The van der Waals surface area contributed by atoms with Crippen LogP contribution in [0.15, 0.2) is 0 Å². The molecule has 8 heteroatoms. The third kappa shape index (κ3) is 3.22. The van der Waals surface area contributed by atoms with Crippen LogP contribution in [0.2, 0.25) is 0 Å². The van der Waals surface area contributed by atoms with E-state index in [2.05, 4.69) is 0 Å². The first-order valence-electron chi connectivity index (χ1n) is 1.97. The second kappa shape index (κ2) is 4.96. The lowest BCUT2D eigenvalue weighted by Gasteiger charge is -2.09.